The summed E-state index contributed by atoms with van der Waals surface area (Å²) in [5, 5.41) is 5.33. The lowest BCUT2D eigenvalue weighted by Gasteiger charge is -2.12. The molecule has 0 unspecified atom stereocenters. The minimum Gasteiger partial charge on any atom is -0.495 e. The number of rotatable bonds is 3. The monoisotopic (exact) mass is 350 g/mol. The number of aromatic nitrogens is 2. The van der Waals surface area contributed by atoms with E-state index in [4.69, 9.17) is 4.74 Å². The highest BCUT2D eigenvalue weighted by atomic mass is 79.9. The topological polar surface area (TPSA) is 76.1 Å². The number of halogens is 1. The third-order valence-corrected chi connectivity index (χ3v) is 3.61. The maximum absolute atomic E-state index is 12.0. The van der Waals surface area contributed by atoms with Crippen molar-refractivity contribution in [3.63, 3.8) is 0 Å². The van der Waals surface area contributed by atoms with Gasteiger partial charge in [0.25, 0.3) is 0 Å². The molecule has 110 valence electrons. The van der Waals surface area contributed by atoms with Crippen LogP contribution in [0.5, 0.6) is 5.75 Å². The number of hydrogen-bond acceptors (Lipinski definition) is 4. The van der Waals surface area contributed by atoms with Crippen molar-refractivity contribution < 1.29 is 9.53 Å². The zero-order chi connectivity index (χ0) is 15.4. The summed E-state index contributed by atoms with van der Waals surface area (Å²) in [4.78, 5) is 20.1. The first-order chi connectivity index (χ1) is 9.99. The zero-order valence-corrected chi connectivity index (χ0v) is 13.5. The van der Waals surface area contributed by atoms with Gasteiger partial charge in [0.15, 0.2) is 5.82 Å². The summed E-state index contributed by atoms with van der Waals surface area (Å²) in [5.41, 5.74) is 2.36. The number of methoxy groups -OCH3 is 1. The van der Waals surface area contributed by atoms with Crippen molar-refractivity contribution >= 4 is 33.5 Å². The van der Waals surface area contributed by atoms with Crippen LogP contribution in [0.2, 0.25) is 0 Å². The second-order valence-electron chi connectivity index (χ2n) is 4.42. The van der Waals surface area contributed by atoms with E-state index in [0.29, 0.717) is 17.3 Å². The summed E-state index contributed by atoms with van der Waals surface area (Å²) in [7, 11) is 1.55. The van der Waals surface area contributed by atoms with Gasteiger partial charge in [-0.1, -0.05) is 15.9 Å². The Balaban J connectivity index is 2.12. The predicted molar refractivity (Wildman–Crippen MR) is 84.8 cm³/mol. The van der Waals surface area contributed by atoms with Gasteiger partial charge in [-0.05, 0) is 31.5 Å². The van der Waals surface area contributed by atoms with E-state index in [2.05, 4.69) is 36.5 Å². The van der Waals surface area contributed by atoms with Crippen molar-refractivity contribution in [1.29, 1.82) is 0 Å². The number of amides is 2. The lowest BCUT2D eigenvalue weighted by Crippen LogP contribution is -2.20. The highest BCUT2D eigenvalue weighted by Crippen LogP contribution is 2.31. The predicted octanol–water partition coefficient (Wildman–Crippen LogP) is 3.51. The van der Waals surface area contributed by atoms with Crippen LogP contribution < -0.4 is 15.4 Å². The summed E-state index contributed by atoms with van der Waals surface area (Å²) >= 11 is 3.42. The largest absolute Gasteiger partial charge is 0.495 e. The minimum atomic E-state index is -0.415. The van der Waals surface area contributed by atoms with Gasteiger partial charge in [0, 0.05) is 4.47 Å². The first kappa shape index (κ1) is 15.2. The summed E-state index contributed by atoms with van der Waals surface area (Å²) in [6, 6.07) is 3.21. The third kappa shape index (κ3) is 3.91. The molecule has 0 aliphatic heterocycles. The molecule has 0 saturated carbocycles. The van der Waals surface area contributed by atoms with Crippen LogP contribution in [0.15, 0.2) is 29.0 Å². The average molecular weight is 351 g/mol. The number of nitrogens with zero attached hydrogens (tertiary/aromatic N) is 2. The van der Waals surface area contributed by atoms with Crippen LogP contribution in [0, 0.1) is 13.8 Å². The van der Waals surface area contributed by atoms with Crippen molar-refractivity contribution in [2.75, 3.05) is 17.7 Å². The van der Waals surface area contributed by atoms with Crippen molar-refractivity contribution in [3.05, 3.63) is 40.3 Å². The molecule has 0 bridgehead atoms. The SMILES string of the molecule is COc1cc(C)c(Br)cc1NC(=O)Nc1cnc(C)cn1. The number of carbonyl (C=O) groups is 1. The van der Waals surface area contributed by atoms with Gasteiger partial charge >= 0.3 is 6.03 Å². The Labute approximate surface area is 131 Å². The first-order valence-electron chi connectivity index (χ1n) is 6.20. The van der Waals surface area contributed by atoms with E-state index in [-0.39, 0.29) is 0 Å². The molecule has 6 nitrogen and oxygen atoms in total. The molecule has 0 fully saturated rings. The Morgan fingerprint density at radius 1 is 1.19 bits per heavy atom. The lowest BCUT2D eigenvalue weighted by atomic mass is 10.2. The number of anilines is 2. The molecule has 21 heavy (non-hydrogen) atoms. The van der Waals surface area contributed by atoms with Crippen LogP contribution >= 0.6 is 15.9 Å². The minimum absolute atomic E-state index is 0.378. The van der Waals surface area contributed by atoms with Gasteiger partial charge in [-0.25, -0.2) is 9.78 Å². The highest BCUT2D eigenvalue weighted by molar-refractivity contribution is 9.10. The molecule has 0 saturated heterocycles. The Morgan fingerprint density at radius 2 is 1.95 bits per heavy atom. The zero-order valence-electron chi connectivity index (χ0n) is 11.9. The maximum atomic E-state index is 12.0. The van der Waals surface area contributed by atoms with E-state index in [1.165, 1.54) is 6.20 Å². The second-order valence-corrected chi connectivity index (χ2v) is 5.28. The molecule has 1 heterocycles. The van der Waals surface area contributed by atoms with Crippen LogP contribution in [0.3, 0.4) is 0 Å². The fourth-order valence-electron chi connectivity index (χ4n) is 1.65. The number of carbonyl (C=O) groups excluding carboxylic acids is 1. The van der Waals surface area contributed by atoms with Gasteiger partial charge in [0.2, 0.25) is 0 Å². The number of urea groups is 1. The Kier molecular flexibility index (Phi) is 4.74. The molecule has 0 spiro atoms. The van der Waals surface area contributed by atoms with E-state index in [9.17, 15) is 4.79 Å². The first-order valence-corrected chi connectivity index (χ1v) is 6.99. The Hall–Kier alpha value is -2.15. The van der Waals surface area contributed by atoms with Gasteiger partial charge in [0.05, 0.1) is 30.9 Å². The number of benzene rings is 1. The van der Waals surface area contributed by atoms with Crippen LogP contribution in [-0.4, -0.2) is 23.1 Å². The van der Waals surface area contributed by atoms with Crippen molar-refractivity contribution in [2.45, 2.75) is 13.8 Å². The molecule has 0 aliphatic carbocycles. The molecule has 0 atom stereocenters. The molecule has 0 aliphatic rings. The van der Waals surface area contributed by atoms with Crippen LogP contribution in [0.4, 0.5) is 16.3 Å². The van der Waals surface area contributed by atoms with Gasteiger partial charge in [0.1, 0.15) is 5.75 Å². The van der Waals surface area contributed by atoms with Gasteiger partial charge in [-0.2, -0.15) is 0 Å². The Morgan fingerprint density at radius 3 is 2.57 bits per heavy atom. The molecular weight excluding hydrogens is 336 g/mol. The number of hydrogen-bond donors (Lipinski definition) is 2. The van der Waals surface area contributed by atoms with Gasteiger partial charge in [-0.15, -0.1) is 0 Å². The van der Waals surface area contributed by atoms with E-state index in [1.807, 2.05) is 19.9 Å². The molecule has 2 N–H and O–H groups in total. The summed E-state index contributed by atoms with van der Waals surface area (Å²) in [6.07, 6.45) is 3.08. The standard InChI is InChI=1S/C14H15BrN4O2/c1-8-4-12(21-3)11(5-10(8)15)18-14(20)19-13-7-16-9(2)6-17-13/h4-7H,1-3H3,(H2,17,18,19,20). The third-order valence-electron chi connectivity index (χ3n) is 2.75. The summed E-state index contributed by atoms with van der Waals surface area (Å²) in [6.45, 7) is 3.77. The molecule has 2 rings (SSSR count). The Bertz CT molecular complexity index is 659. The van der Waals surface area contributed by atoms with E-state index >= 15 is 0 Å². The normalized spacial score (nSPS) is 10.1. The van der Waals surface area contributed by atoms with Crippen LogP contribution in [0.25, 0.3) is 0 Å². The molecule has 0 radical (unpaired) electrons. The average Bonchev–Trinajstić information content (AvgIpc) is 2.45. The quantitative estimate of drug-likeness (QED) is 0.887. The molecule has 2 amide bonds. The van der Waals surface area contributed by atoms with Crippen molar-refractivity contribution in [1.82, 2.24) is 9.97 Å². The van der Waals surface area contributed by atoms with Crippen LogP contribution in [-0.2, 0) is 0 Å². The number of aryl methyl sites for hydroxylation is 2. The summed E-state index contributed by atoms with van der Waals surface area (Å²) in [5.74, 6) is 0.962. The number of ether oxygens (including phenoxy) is 1. The van der Waals surface area contributed by atoms with Gasteiger partial charge < -0.3 is 10.1 Å². The van der Waals surface area contributed by atoms with Crippen molar-refractivity contribution in [2.24, 2.45) is 0 Å². The van der Waals surface area contributed by atoms with E-state index < -0.39 is 6.03 Å². The van der Waals surface area contributed by atoms with Crippen molar-refractivity contribution in [3.8, 4) is 5.75 Å². The second kappa shape index (κ2) is 6.53. The smallest absolute Gasteiger partial charge is 0.325 e. The summed E-state index contributed by atoms with van der Waals surface area (Å²) < 4.78 is 6.14. The highest BCUT2D eigenvalue weighted by Gasteiger charge is 2.10. The van der Waals surface area contributed by atoms with Crippen LogP contribution in [0.1, 0.15) is 11.3 Å². The fourth-order valence-corrected chi connectivity index (χ4v) is 1.99. The maximum Gasteiger partial charge on any atom is 0.325 e. The molecule has 1 aromatic carbocycles. The molecule has 2 aromatic rings. The molecule has 7 heteroatoms. The van der Waals surface area contributed by atoms with Gasteiger partial charge in [-0.3, -0.25) is 10.3 Å². The van der Waals surface area contributed by atoms with E-state index in [0.717, 1.165) is 15.7 Å². The lowest BCUT2D eigenvalue weighted by molar-refractivity contribution is 0.262. The molecule has 1 aromatic heterocycles. The molecular formula is C14H15BrN4O2. The number of nitrogens with one attached hydrogen (secondary N) is 2. The van der Waals surface area contributed by atoms with E-state index in [1.54, 1.807) is 19.4 Å². The fraction of sp³-hybridized carbons (Fsp3) is 0.214.